The van der Waals surface area contributed by atoms with Gasteiger partial charge in [-0.25, -0.2) is 15.0 Å². The molecule has 2 unspecified atom stereocenters. The quantitative estimate of drug-likeness (QED) is 0.610. The van der Waals surface area contributed by atoms with Gasteiger partial charge in [0.15, 0.2) is 0 Å². The van der Waals surface area contributed by atoms with Crippen LogP contribution in [-0.4, -0.2) is 48.2 Å². The summed E-state index contributed by atoms with van der Waals surface area (Å²) in [4.78, 5) is 28.5. The number of pyridine rings is 1. The summed E-state index contributed by atoms with van der Waals surface area (Å²) in [7, 11) is 1.98. The standard InChI is InChI=1S/C23H27N7O2/c1-28-12-25-22-17(3-4-20(22)28)27-23(32)18-10-29(13-24-18)7-14-2-5-21(26-19(14)11-31)30-8-15-6-16(15)9-30/h2,5,10,12-13,15-17,31H,3-4,6-9,11H2,1H3,(H,27,32)/t15?,16?,17-/m1/s1. The van der Waals surface area contributed by atoms with Crippen LogP contribution in [-0.2, 0) is 26.6 Å². The number of fused-ring (bicyclic) bond motifs is 2. The van der Waals surface area contributed by atoms with E-state index in [9.17, 15) is 9.90 Å². The molecule has 3 aliphatic rings. The Morgan fingerprint density at radius 3 is 2.88 bits per heavy atom. The third kappa shape index (κ3) is 3.37. The molecule has 2 fully saturated rings. The van der Waals surface area contributed by atoms with Gasteiger partial charge in [-0.3, -0.25) is 4.79 Å². The third-order valence-corrected chi connectivity index (χ3v) is 7.12. The first-order valence-corrected chi connectivity index (χ1v) is 11.3. The maximum atomic E-state index is 12.7. The monoisotopic (exact) mass is 433 g/mol. The highest BCUT2D eigenvalue weighted by atomic mass is 16.3. The largest absolute Gasteiger partial charge is 0.390 e. The van der Waals surface area contributed by atoms with Crippen LogP contribution < -0.4 is 10.2 Å². The fraction of sp³-hybridized carbons (Fsp3) is 0.478. The van der Waals surface area contributed by atoms with Gasteiger partial charge in [0.2, 0.25) is 0 Å². The molecule has 4 heterocycles. The first-order valence-electron chi connectivity index (χ1n) is 11.3. The van der Waals surface area contributed by atoms with E-state index in [4.69, 9.17) is 4.98 Å². The van der Waals surface area contributed by atoms with Crippen LogP contribution in [0, 0.1) is 11.8 Å². The molecule has 3 aromatic heterocycles. The van der Waals surface area contributed by atoms with Gasteiger partial charge >= 0.3 is 0 Å². The molecular formula is C23H27N7O2. The van der Waals surface area contributed by atoms with E-state index >= 15 is 0 Å². The molecule has 9 nitrogen and oxygen atoms in total. The lowest BCUT2D eigenvalue weighted by Crippen LogP contribution is -2.27. The number of hydrogen-bond donors (Lipinski definition) is 2. The molecule has 6 rings (SSSR count). The van der Waals surface area contributed by atoms with Gasteiger partial charge in [0.05, 0.1) is 43.2 Å². The van der Waals surface area contributed by atoms with Crippen LogP contribution in [0.15, 0.2) is 31.0 Å². The summed E-state index contributed by atoms with van der Waals surface area (Å²) in [5, 5.41) is 12.9. The number of aromatic nitrogens is 5. The SMILES string of the molecule is Cn1cnc2c1CC[C@H]2NC(=O)c1cn(Cc2ccc(N3CC4CC4C3)nc2CO)cn1. The number of amides is 1. The number of carbonyl (C=O) groups is 1. The van der Waals surface area contributed by atoms with Crippen molar-refractivity contribution in [2.45, 2.75) is 38.5 Å². The van der Waals surface area contributed by atoms with Crippen LogP contribution in [0.4, 0.5) is 5.82 Å². The zero-order chi connectivity index (χ0) is 21.8. The molecule has 0 spiro atoms. The number of rotatable bonds is 6. The predicted molar refractivity (Wildman–Crippen MR) is 117 cm³/mol. The van der Waals surface area contributed by atoms with Crippen LogP contribution in [0.2, 0.25) is 0 Å². The normalized spacial score (nSPS) is 23.3. The molecule has 0 bridgehead atoms. The average Bonchev–Trinajstić information content (AvgIpc) is 3.27. The van der Waals surface area contributed by atoms with Crippen molar-refractivity contribution in [3.63, 3.8) is 0 Å². The van der Waals surface area contributed by atoms with Crippen molar-refractivity contribution in [2.75, 3.05) is 18.0 Å². The summed E-state index contributed by atoms with van der Waals surface area (Å²) in [6.45, 7) is 2.54. The predicted octanol–water partition coefficient (Wildman–Crippen LogP) is 1.43. The molecule has 0 aromatic carbocycles. The van der Waals surface area contributed by atoms with Gasteiger partial charge in [0, 0.05) is 32.0 Å². The smallest absolute Gasteiger partial charge is 0.272 e. The summed E-state index contributed by atoms with van der Waals surface area (Å²) >= 11 is 0. The van der Waals surface area contributed by atoms with Crippen LogP contribution in [0.1, 0.15) is 52.0 Å². The lowest BCUT2D eigenvalue weighted by Gasteiger charge is -2.20. The molecule has 9 heteroatoms. The zero-order valence-electron chi connectivity index (χ0n) is 18.1. The average molecular weight is 434 g/mol. The van der Waals surface area contributed by atoms with E-state index in [2.05, 4.69) is 20.2 Å². The lowest BCUT2D eigenvalue weighted by atomic mass is 10.2. The number of nitrogens with zero attached hydrogens (tertiary/aromatic N) is 6. The van der Waals surface area contributed by atoms with Gasteiger partial charge in [0.25, 0.3) is 5.91 Å². The molecule has 1 amide bonds. The minimum atomic E-state index is -0.198. The molecule has 1 saturated carbocycles. The number of imidazole rings is 2. The van der Waals surface area contributed by atoms with Crippen molar-refractivity contribution in [1.29, 1.82) is 0 Å². The van der Waals surface area contributed by atoms with Crippen LogP contribution in [0.25, 0.3) is 0 Å². The summed E-state index contributed by atoms with van der Waals surface area (Å²) in [6.07, 6.45) is 8.31. The van der Waals surface area contributed by atoms with E-state index in [1.165, 1.54) is 12.1 Å². The van der Waals surface area contributed by atoms with Crippen molar-refractivity contribution in [3.8, 4) is 0 Å². The number of piperidine rings is 1. The van der Waals surface area contributed by atoms with Crippen molar-refractivity contribution >= 4 is 11.7 Å². The van der Waals surface area contributed by atoms with E-state index in [1.54, 1.807) is 18.9 Å². The maximum absolute atomic E-state index is 12.7. The molecule has 3 aromatic rings. The van der Waals surface area contributed by atoms with E-state index in [0.717, 1.165) is 54.8 Å². The second-order valence-electron chi connectivity index (χ2n) is 9.28. The van der Waals surface area contributed by atoms with Gasteiger partial charge in [-0.2, -0.15) is 0 Å². The van der Waals surface area contributed by atoms with Crippen LogP contribution in [0.3, 0.4) is 0 Å². The van der Waals surface area contributed by atoms with Gasteiger partial charge in [-0.15, -0.1) is 0 Å². The van der Waals surface area contributed by atoms with E-state index in [1.807, 2.05) is 28.3 Å². The number of hydrogen-bond acceptors (Lipinski definition) is 6. The van der Waals surface area contributed by atoms with Crippen molar-refractivity contribution in [3.05, 3.63) is 59.3 Å². The summed E-state index contributed by atoms with van der Waals surface area (Å²) in [5.74, 6) is 2.41. The Labute approximate surface area is 186 Å². The second-order valence-corrected chi connectivity index (χ2v) is 9.28. The Hall–Kier alpha value is -3.20. The molecular weight excluding hydrogens is 406 g/mol. The Kier molecular flexibility index (Phi) is 4.53. The first-order chi connectivity index (χ1) is 15.6. The maximum Gasteiger partial charge on any atom is 0.272 e. The number of nitrogens with one attached hydrogen (secondary N) is 1. The number of carbonyl (C=O) groups excluding carboxylic acids is 1. The molecule has 0 radical (unpaired) electrons. The van der Waals surface area contributed by atoms with Crippen molar-refractivity contribution in [1.82, 2.24) is 29.4 Å². The Morgan fingerprint density at radius 1 is 1.22 bits per heavy atom. The molecule has 1 saturated heterocycles. The highest BCUT2D eigenvalue weighted by Crippen LogP contribution is 2.46. The minimum absolute atomic E-state index is 0.0711. The van der Waals surface area contributed by atoms with Gasteiger partial charge in [0.1, 0.15) is 11.5 Å². The zero-order valence-corrected chi connectivity index (χ0v) is 18.1. The Morgan fingerprint density at radius 2 is 2.06 bits per heavy atom. The number of aliphatic hydroxyl groups is 1. The van der Waals surface area contributed by atoms with Crippen molar-refractivity contribution < 1.29 is 9.90 Å². The second kappa shape index (κ2) is 7.44. The van der Waals surface area contributed by atoms with E-state index < -0.39 is 0 Å². The summed E-state index contributed by atoms with van der Waals surface area (Å²) < 4.78 is 3.87. The lowest BCUT2D eigenvalue weighted by molar-refractivity contribution is 0.0931. The summed E-state index contributed by atoms with van der Waals surface area (Å²) in [6, 6.07) is 3.99. The minimum Gasteiger partial charge on any atom is -0.390 e. The number of anilines is 1. The molecule has 1 aliphatic heterocycles. The Bertz CT molecular complexity index is 1170. The summed E-state index contributed by atoms with van der Waals surface area (Å²) in [5.41, 5.74) is 4.12. The fourth-order valence-electron chi connectivity index (χ4n) is 5.18. The highest BCUT2D eigenvalue weighted by molar-refractivity contribution is 5.92. The van der Waals surface area contributed by atoms with Crippen LogP contribution in [0.5, 0.6) is 0 Å². The van der Waals surface area contributed by atoms with Gasteiger partial charge < -0.3 is 24.5 Å². The van der Waals surface area contributed by atoms with E-state index in [-0.39, 0.29) is 18.6 Å². The Balaban J connectivity index is 1.13. The number of aliphatic hydroxyl groups excluding tert-OH is 1. The van der Waals surface area contributed by atoms with Crippen molar-refractivity contribution in [2.24, 2.45) is 18.9 Å². The number of aryl methyl sites for hydroxylation is 1. The molecule has 32 heavy (non-hydrogen) atoms. The van der Waals surface area contributed by atoms with Crippen LogP contribution >= 0.6 is 0 Å². The topological polar surface area (TPSA) is 101 Å². The fourth-order valence-corrected chi connectivity index (χ4v) is 5.18. The molecule has 2 N–H and O–H groups in total. The van der Waals surface area contributed by atoms with E-state index in [0.29, 0.717) is 17.9 Å². The first kappa shape index (κ1) is 19.5. The molecule has 166 valence electrons. The molecule has 3 atom stereocenters. The van der Waals surface area contributed by atoms with Gasteiger partial charge in [-0.05, 0) is 42.7 Å². The highest BCUT2D eigenvalue weighted by Gasteiger charge is 2.45. The molecule has 2 aliphatic carbocycles. The van der Waals surface area contributed by atoms with Gasteiger partial charge in [-0.1, -0.05) is 6.07 Å². The third-order valence-electron chi connectivity index (χ3n) is 7.12.